The molecule has 0 spiro atoms. The van der Waals surface area contributed by atoms with Crippen molar-refractivity contribution in [3.05, 3.63) is 52.6 Å². The second-order valence-electron chi connectivity index (χ2n) is 9.55. The molecule has 4 rings (SSSR count). The SMILES string of the molecule is Cc1cc(C)c(NC(=O)CN2C(=O)CCc3cc(S(=O)(=O)N4CCCCC4C)ccc32)c(C)c1. The van der Waals surface area contributed by atoms with Crippen LogP contribution >= 0.6 is 0 Å². The molecule has 7 nitrogen and oxygen atoms in total. The Bertz CT molecular complexity index is 1220. The lowest BCUT2D eigenvalue weighted by atomic mass is 10.0. The zero-order chi connectivity index (χ0) is 24.6. The van der Waals surface area contributed by atoms with Gasteiger partial charge in [-0.15, -0.1) is 0 Å². The fraction of sp³-hybridized carbons (Fsp3) is 0.462. The summed E-state index contributed by atoms with van der Waals surface area (Å²) in [7, 11) is -3.60. The normalized spacial score (nSPS) is 19.1. The highest BCUT2D eigenvalue weighted by Gasteiger charge is 2.33. The number of rotatable bonds is 5. The van der Waals surface area contributed by atoms with Gasteiger partial charge >= 0.3 is 0 Å². The van der Waals surface area contributed by atoms with Crippen molar-refractivity contribution in [2.45, 2.75) is 70.7 Å². The highest BCUT2D eigenvalue weighted by molar-refractivity contribution is 7.89. The number of aryl methyl sites for hydroxylation is 4. The molecule has 1 saturated heterocycles. The summed E-state index contributed by atoms with van der Waals surface area (Å²) in [5.41, 5.74) is 5.21. The van der Waals surface area contributed by atoms with Gasteiger partial charge in [0.2, 0.25) is 21.8 Å². The predicted molar refractivity (Wildman–Crippen MR) is 134 cm³/mol. The number of hydrogen-bond donors (Lipinski definition) is 1. The van der Waals surface area contributed by atoms with E-state index in [1.54, 1.807) is 22.5 Å². The quantitative estimate of drug-likeness (QED) is 0.694. The van der Waals surface area contributed by atoms with Crippen molar-refractivity contribution in [3.8, 4) is 0 Å². The van der Waals surface area contributed by atoms with Gasteiger partial charge in [-0.05, 0) is 81.8 Å². The third-order valence-electron chi connectivity index (χ3n) is 6.84. The lowest BCUT2D eigenvalue weighted by Gasteiger charge is -2.33. The van der Waals surface area contributed by atoms with Crippen LogP contribution in [0.3, 0.4) is 0 Å². The number of benzene rings is 2. The number of amides is 2. The first-order valence-corrected chi connectivity index (χ1v) is 13.3. The largest absolute Gasteiger partial charge is 0.324 e. The van der Waals surface area contributed by atoms with E-state index < -0.39 is 10.0 Å². The summed E-state index contributed by atoms with van der Waals surface area (Å²) < 4.78 is 28.1. The average molecular weight is 484 g/mol. The van der Waals surface area contributed by atoms with Crippen LogP contribution in [0.15, 0.2) is 35.2 Å². The van der Waals surface area contributed by atoms with Crippen LogP contribution in [-0.2, 0) is 26.0 Å². The highest BCUT2D eigenvalue weighted by atomic mass is 32.2. The number of anilines is 2. The van der Waals surface area contributed by atoms with E-state index in [9.17, 15) is 18.0 Å². The zero-order valence-electron chi connectivity index (χ0n) is 20.3. The maximum Gasteiger partial charge on any atom is 0.244 e. The van der Waals surface area contributed by atoms with Crippen LogP contribution in [0.25, 0.3) is 0 Å². The Morgan fingerprint density at radius 3 is 2.44 bits per heavy atom. The third kappa shape index (κ3) is 4.74. The van der Waals surface area contributed by atoms with E-state index >= 15 is 0 Å². The third-order valence-corrected chi connectivity index (χ3v) is 8.85. The van der Waals surface area contributed by atoms with E-state index in [0.29, 0.717) is 18.7 Å². The standard InChI is InChI=1S/C26H33N3O4S/c1-17-13-18(2)26(19(3)14-17)27-24(30)16-28-23-10-9-22(15-21(23)8-11-25(28)31)34(32,33)29-12-6-5-7-20(29)4/h9-10,13-15,20H,5-8,11-12,16H2,1-4H3,(H,27,30). The highest BCUT2D eigenvalue weighted by Crippen LogP contribution is 2.33. The zero-order valence-corrected chi connectivity index (χ0v) is 21.2. The topological polar surface area (TPSA) is 86.8 Å². The van der Waals surface area contributed by atoms with E-state index in [4.69, 9.17) is 0 Å². The van der Waals surface area contributed by atoms with Gasteiger partial charge in [-0.25, -0.2) is 8.42 Å². The maximum atomic E-state index is 13.3. The Morgan fingerprint density at radius 2 is 1.76 bits per heavy atom. The van der Waals surface area contributed by atoms with Crippen molar-refractivity contribution in [1.82, 2.24) is 4.31 Å². The van der Waals surface area contributed by atoms with Gasteiger partial charge in [0.15, 0.2) is 0 Å². The number of nitrogens with zero attached hydrogens (tertiary/aromatic N) is 2. The smallest absolute Gasteiger partial charge is 0.244 e. The van der Waals surface area contributed by atoms with Crippen molar-refractivity contribution >= 4 is 33.2 Å². The van der Waals surface area contributed by atoms with Crippen LogP contribution < -0.4 is 10.2 Å². The molecule has 8 heteroatoms. The molecule has 1 unspecified atom stereocenters. The van der Waals surface area contributed by atoms with Gasteiger partial charge in [-0.1, -0.05) is 24.1 Å². The predicted octanol–water partition coefficient (Wildman–Crippen LogP) is 4.09. The van der Waals surface area contributed by atoms with Gasteiger partial charge in [0.25, 0.3) is 0 Å². The summed E-state index contributed by atoms with van der Waals surface area (Å²) in [6.45, 7) is 8.27. The molecule has 1 atom stereocenters. The second kappa shape index (κ2) is 9.50. The minimum absolute atomic E-state index is 0.0229. The van der Waals surface area contributed by atoms with Gasteiger partial charge < -0.3 is 10.2 Å². The lowest BCUT2D eigenvalue weighted by molar-refractivity contribution is -0.121. The van der Waals surface area contributed by atoms with Crippen molar-refractivity contribution in [3.63, 3.8) is 0 Å². The number of sulfonamides is 1. The van der Waals surface area contributed by atoms with Gasteiger partial charge in [-0.2, -0.15) is 4.31 Å². The van der Waals surface area contributed by atoms with Crippen LogP contribution in [0.5, 0.6) is 0 Å². The molecular formula is C26H33N3O4S. The molecule has 34 heavy (non-hydrogen) atoms. The van der Waals surface area contributed by atoms with E-state index in [1.807, 2.05) is 39.8 Å². The Balaban J connectivity index is 1.57. The minimum atomic E-state index is -3.60. The maximum absolute atomic E-state index is 13.3. The Labute approximate surface area is 202 Å². The fourth-order valence-electron chi connectivity index (χ4n) is 5.13. The van der Waals surface area contributed by atoms with E-state index in [0.717, 1.165) is 47.2 Å². The molecule has 0 aliphatic carbocycles. The first-order chi connectivity index (χ1) is 16.1. The number of carbonyl (C=O) groups is 2. The summed E-state index contributed by atoms with van der Waals surface area (Å²) in [4.78, 5) is 27.3. The van der Waals surface area contributed by atoms with Crippen molar-refractivity contribution in [1.29, 1.82) is 0 Å². The molecule has 0 aromatic heterocycles. The fourth-order valence-corrected chi connectivity index (χ4v) is 6.88. The lowest BCUT2D eigenvalue weighted by Crippen LogP contribution is -2.42. The van der Waals surface area contributed by atoms with E-state index in [1.165, 1.54) is 4.90 Å². The molecule has 1 fully saturated rings. The molecule has 182 valence electrons. The first-order valence-electron chi connectivity index (χ1n) is 11.9. The van der Waals surface area contributed by atoms with Crippen molar-refractivity contribution < 1.29 is 18.0 Å². The molecule has 0 bridgehead atoms. The van der Waals surface area contributed by atoms with Gasteiger partial charge in [-0.3, -0.25) is 9.59 Å². The molecular weight excluding hydrogens is 450 g/mol. The number of fused-ring (bicyclic) bond motifs is 1. The molecule has 1 N–H and O–H groups in total. The summed E-state index contributed by atoms with van der Waals surface area (Å²) in [5.74, 6) is -0.421. The van der Waals surface area contributed by atoms with Crippen molar-refractivity contribution in [2.24, 2.45) is 0 Å². The molecule has 2 aromatic carbocycles. The number of nitrogens with one attached hydrogen (secondary N) is 1. The summed E-state index contributed by atoms with van der Waals surface area (Å²) in [5, 5.41) is 2.95. The van der Waals surface area contributed by atoms with E-state index in [-0.39, 0.29) is 35.7 Å². The van der Waals surface area contributed by atoms with Crippen LogP contribution in [-0.4, -0.2) is 43.7 Å². The first kappa shape index (κ1) is 24.4. The van der Waals surface area contributed by atoms with Gasteiger partial charge in [0, 0.05) is 30.4 Å². The molecule has 2 aromatic rings. The van der Waals surface area contributed by atoms with Crippen LogP contribution in [0.2, 0.25) is 0 Å². The Kier molecular flexibility index (Phi) is 6.82. The van der Waals surface area contributed by atoms with E-state index in [2.05, 4.69) is 5.32 Å². The van der Waals surface area contributed by atoms with Gasteiger partial charge in [0.05, 0.1) is 4.90 Å². The summed E-state index contributed by atoms with van der Waals surface area (Å²) >= 11 is 0. The number of carbonyl (C=O) groups excluding carboxylic acids is 2. The minimum Gasteiger partial charge on any atom is -0.324 e. The average Bonchev–Trinajstić information content (AvgIpc) is 2.78. The Hall–Kier alpha value is -2.71. The summed E-state index contributed by atoms with van der Waals surface area (Å²) in [6.07, 6.45) is 3.47. The molecule has 2 heterocycles. The van der Waals surface area contributed by atoms with Gasteiger partial charge in [0.1, 0.15) is 6.54 Å². The molecule has 2 aliphatic rings. The monoisotopic (exact) mass is 483 g/mol. The van der Waals surface area contributed by atoms with Crippen LogP contribution in [0, 0.1) is 20.8 Å². The second-order valence-corrected chi connectivity index (χ2v) is 11.4. The van der Waals surface area contributed by atoms with Crippen LogP contribution in [0.4, 0.5) is 11.4 Å². The number of piperidine rings is 1. The van der Waals surface area contributed by atoms with Crippen LogP contribution in [0.1, 0.15) is 54.9 Å². The molecule has 2 amide bonds. The molecule has 2 aliphatic heterocycles. The Morgan fingerprint density at radius 1 is 1.06 bits per heavy atom. The van der Waals surface area contributed by atoms with Crippen molar-refractivity contribution in [2.75, 3.05) is 23.3 Å². The molecule has 0 saturated carbocycles. The molecule has 0 radical (unpaired) electrons. The number of hydrogen-bond acceptors (Lipinski definition) is 4. The summed E-state index contributed by atoms with van der Waals surface area (Å²) in [6, 6.07) is 8.91.